The van der Waals surface area contributed by atoms with E-state index in [1.807, 2.05) is 18.3 Å². The van der Waals surface area contributed by atoms with Crippen LogP contribution in [0.25, 0.3) is 5.69 Å². The summed E-state index contributed by atoms with van der Waals surface area (Å²) in [6, 6.07) is 8.49. The van der Waals surface area contributed by atoms with Crippen molar-refractivity contribution in [1.29, 1.82) is 0 Å². The van der Waals surface area contributed by atoms with Crippen LogP contribution >= 0.6 is 0 Å². The van der Waals surface area contributed by atoms with Crippen LogP contribution in [-0.4, -0.2) is 32.2 Å². The number of nitrogens with zero attached hydrogens (tertiary/aromatic N) is 3. The average Bonchev–Trinajstić information content (AvgIpc) is 3.08. The molecule has 5 nitrogen and oxygen atoms in total. The van der Waals surface area contributed by atoms with Gasteiger partial charge in [-0.05, 0) is 37.5 Å². The van der Waals surface area contributed by atoms with Gasteiger partial charge in [0, 0.05) is 12.6 Å². The third kappa shape index (κ3) is 3.54. The van der Waals surface area contributed by atoms with E-state index in [4.69, 9.17) is 0 Å². The second-order valence-corrected chi connectivity index (χ2v) is 6.33. The number of rotatable bonds is 5. The van der Waals surface area contributed by atoms with Gasteiger partial charge < -0.3 is 10.4 Å². The summed E-state index contributed by atoms with van der Waals surface area (Å²) in [5, 5.41) is 21.8. The molecule has 0 saturated heterocycles. The Morgan fingerprint density at radius 1 is 1.23 bits per heavy atom. The first kappa shape index (κ1) is 15.2. The number of aliphatic hydroxyl groups is 1. The molecule has 1 aliphatic rings. The maximum atomic E-state index is 10.6. The first-order valence-corrected chi connectivity index (χ1v) is 8.09. The van der Waals surface area contributed by atoms with Crippen LogP contribution in [0.3, 0.4) is 0 Å². The fourth-order valence-electron chi connectivity index (χ4n) is 3.11. The van der Waals surface area contributed by atoms with Gasteiger partial charge in [0.05, 0.1) is 23.7 Å². The molecule has 2 N–H and O–H groups in total. The molecule has 22 heavy (non-hydrogen) atoms. The van der Waals surface area contributed by atoms with Crippen molar-refractivity contribution in [3.05, 3.63) is 42.2 Å². The Bertz CT molecular complexity index is 573. The van der Waals surface area contributed by atoms with E-state index in [0.29, 0.717) is 6.54 Å². The van der Waals surface area contributed by atoms with Gasteiger partial charge in [-0.2, -0.15) is 0 Å². The van der Waals surface area contributed by atoms with E-state index in [9.17, 15) is 5.11 Å². The van der Waals surface area contributed by atoms with E-state index in [1.165, 1.54) is 12.0 Å². The molecule has 0 spiro atoms. The minimum atomic E-state index is -0.521. The molecule has 0 bridgehead atoms. The van der Waals surface area contributed by atoms with Crippen molar-refractivity contribution < 1.29 is 5.11 Å². The predicted octanol–water partition coefficient (Wildman–Crippen LogP) is 2.61. The smallest absolute Gasteiger partial charge is 0.0771 e. The molecule has 0 aliphatic heterocycles. The van der Waals surface area contributed by atoms with E-state index in [-0.39, 0.29) is 6.04 Å². The molecule has 1 fully saturated rings. The summed E-state index contributed by atoms with van der Waals surface area (Å²) < 4.78 is 1.74. The Morgan fingerprint density at radius 3 is 2.59 bits per heavy atom. The zero-order valence-corrected chi connectivity index (χ0v) is 13.1. The Kier molecular flexibility index (Phi) is 4.55. The van der Waals surface area contributed by atoms with Crippen LogP contribution in [0.15, 0.2) is 36.7 Å². The summed E-state index contributed by atoms with van der Waals surface area (Å²) in [6.07, 6.45) is 8.86. The van der Waals surface area contributed by atoms with Crippen LogP contribution in [0.1, 0.15) is 50.6 Å². The molecule has 1 aromatic heterocycles. The maximum absolute atomic E-state index is 10.6. The molecule has 118 valence electrons. The number of hydrogen-bond acceptors (Lipinski definition) is 4. The van der Waals surface area contributed by atoms with Gasteiger partial charge in [0.25, 0.3) is 0 Å². The van der Waals surface area contributed by atoms with Crippen LogP contribution in [-0.2, 0) is 0 Å². The Balaban J connectivity index is 1.59. The molecule has 1 aliphatic carbocycles. The summed E-state index contributed by atoms with van der Waals surface area (Å²) in [7, 11) is 0. The maximum Gasteiger partial charge on any atom is 0.0771 e. The fourth-order valence-corrected chi connectivity index (χ4v) is 3.11. The standard InChI is InChI=1S/C17H24N4O/c1-14(18-13-17(22)9-3-2-4-10-17)15-5-7-16(8-6-15)21-12-11-19-20-21/h5-8,11-12,14,18,22H,2-4,9-10,13H2,1H3. The monoisotopic (exact) mass is 300 g/mol. The summed E-state index contributed by atoms with van der Waals surface area (Å²) in [5.41, 5.74) is 1.69. The summed E-state index contributed by atoms with van der Waals surface area (Å²) in [5.74, 6) is 0. The second kappa shape index (κ2) is 6.58. The van der Waals surface area contributed by atoms with Crippen LogP contribution in [0.5, 0.6) is 0 Å². The minimum absolute atomic E-state index is 0.218. The molecule has 2 aromatic rings. The number of aromatic nitrogens is 3. The second-order valence-electron chi connectivity index (χ2n) is 6.33. The molecule has 3 rings (SSSR count). The lowest BCUT2D eigenvalue weighted by Gasteiger charge is -2.33. The van der Waals surface area contributed by atoms with Gasteiger partial charge in [-0.15, -0.1) is 5.10 Å². The highest BCUT2D eigenvalue weighted by atomic mass is 16.3. The van der Waals surface area contributed by atoms with Gasteiger partial charge >= 0.3 is 0 Å². The molecule has 0 amide bonds. The van der Waals surface area contributed by atoms with Gasteiger partial charge in [-0.25, -0.2) is 4.68 Å². The SMILES string of the molecule is CC(NCC1(O)CCCCC1)c1ccc(-n2ccnn2)cc1. The largest absolute Gasteiger partial charge is 0.389 e. The molecule has 1 atom stereocenters. The predicted molar refractivity (Wildman–Crippen MR) is 85.8 cm³/mol. The van der Waals surface area contributed by atoms with Crippen molar-refractivity contribution in [3.63, 3.8) is 0 Å². The first-order valence-electron chi connectivity index (χ1n) is 8.09. The highest BCUT2D eigenvalue weighted by Gasteiger charge is 2.29. The molecule has 1 aromatic carbocycles. The molecule has 1 saturated carbocycles. The zero-order valence-electron chi connectivity index (χ0n) is 13.1. The van der Waals surface area contributed by atoms with E-state index in [2.05, 4.69) is 34.7 Å². The topological polar surface area (TPSA) is 63.0 Å². The highest BCUT2D eigenvalue weighted by Crippen LogP contribution is 2.28. The molecular weight excluding hydrogens is 276 g/mol. The van der Waals surface area contributed by atoms with Crippen molar-refractivity contribution in [2.75, 3.05) is 6.54 Å². The summed E-state index contributed by atoms with van der Waals surface area (Å²) in [6.45, 7) is 2.80. The molecular formula is C17H24N4O. The minimum Gasteiger partial charge on any atom is -0.389 e. The quantitative estimate of drug-likeness (QED) is 0.891. The summed E-state index contributed by atoms with van der Waals surface area (Å²) >= 11 is 0. The van der Waals surface area contributed by atoms with Crippen molar-refractivity contribution in [1.82, 2.24) is 20.3 Å². The van der Waals surface area contributed by atoms with Crippen LogP contribution in [0.4, 0.5) is 0 Å². The Morgan fingerprint density at radius 2 is 1.95 bits per heavy atom. The first-order chi connectivity index (χ1) is 10.7. The van der Waals surface area contributed by atoms with Gasteiger partial charge in [0.2, 0.25) is 0 Å². The van der Waals surface area contributed by atoms with Crippen molar-refractivity contribution in [2.24, 2.45) is 0 Å². The summed E-state index contributed by atoms with van der Waals surface area (Å²) in [4.78, 5) is 0. The van der Waals surface area contributed by atoms with E-state index < -0.39 is 5.60 Å². The number of nitrogens with one attached hydrogen (secondary N) is 1. The van der Waals surface area contributed by atoms with E-state index in [0.717, 1.165) is 31.4 Å². The van der Waals surface area contributed by atoms with Crippen molar-refractivity contribution >= 4 is 0 Å². The average molecular weight is 300 g/mol. The molecule has 1 heterocycles. The van der Waals surface area contributed by atoms with Gasteiger partial charge in [0.1, 0.15) is 0 Å². The molecule has 1 unspecified atom stereocenters. The zero-order chi connectivity index (χ0) is 15.4. The molecule has 0 radical (unpaired) electrons. The third-order valence-electron chi connectivity index (χ3n) is 4.60. The van der Waals surface area contributed by atoms with Gasteiger partial charge in [-0.1, -0.05) is 36.6 Å². The fraction of sp³-hybridized carbons (Fsp3) is 0.529. The Labute approximate surface area is 131 Å². The number of benzene rings is 1. The molecule has 5 heteroatoms. The van der Waals surface area contributed by atoms with Gasteiger partial charge in [0.15, 0.2) is 0 Å². The van der Waals surface area contributed by atoms with Crippen molar-refractivity contribution in [3.8, 4) is 5.69 Å². The Hall–Kier alpha value is -1.72. The normalized spacial score (nSPS) is 19.0. The van der Waals surface area contributed by atoms with Crippen LogP contribution in [0.2, 0.25) is 0 Å². The van der Waals surface area contributed by atoms with E-state index in [1.54, 1.807) is 10.9 Å². The lowest BCUT2D eigenvalue weighted by molar-refractivity contribution is 0.00300. The van der Waals surface area contributed by atoms with Gasteiger partial charge in [-0.3, -0.25) is 0 Å². The number of hydrogen-bond donors (Lipinski definition) is 2. The third-order valence-corrected chi connectivity index (χ3v) is 4.60. The van der Waals surface area contributed by atoms with Crippen LogP contribution in [0, 0.1) is 0 Å². The van der Waals surface area contributed by atoms with E-state index >= 15 is 0 Å². The highest BCUT2D eigenvalue weighted by molar-refractivity contribution is 5.34. The lowest BCUT2D eigenvalue weighted by Crippen LogP contribution is -2.42. The van der Waals surface area contributed by atoms with Crippen LogP contribution < -0.4 is 5.32 Å². The lowest BCUT2D eigenvalue weighted by atomic mass is 9.84. The van der Waals surface area contributed by atoms with Crippen molar-refractivity contribution in [2.45, 2.75) is 50.7 Å².